The van der Waals surface area contributed by atoms with Crippen LogP contribution in [0.1, 0.15) is 19.3 Å². The molecule has 0 saturated carbocycles. The normalized spacial score (nSPS) is 31.6. The first-order chi connectivity index (χ1) is 11.2. The number of nitrogens with one attached hydrogen (secondary N) is 1. The molecule has 2 atom stereocenters. The van der Waals surface area contributed by atoms with Crippen LogP contribution in [0, 0.1) is 5.41 Å². The highest BCUT2D eigenvalue weighted by molar-refractivity contribution is 5.85. The van der Waals surface area contributed by atoms with Crippen LogP contribution in [0.2, 0.25) is 0 Å². The number of amides is 2. The molecule has 7 nitrogen and oxygen atoms in total. The van der Waals surface area contributed by atoms with E-state index in [1.807, 2.05) is 9.80 Å². The third-order valence-corrected chi connectivity index (χ3v) is 5.20. The zero-order valence-corrected chi connectivity index (χ0v) is 13.9. The molecule has 3 aliphatic heterocycles. The maximum absolute atomic E-state index is 12.9. The average molecular weight is 325 g/mol. The fraction of sp³-hybridized carbons (Fsp3) is 0.875. The van der Waals surface area contributed by atoms with Crippen molar-refractivity contribution in [2.24, 2.45) is 5.41 Å². The van der Waals surface area contributed by atoms with Crippen molar-refractivity contribution in [1.82, 2.24) is 15.1 Å². The molecular formula is C16H27N3O4. The molecule has 0 radical (unpaired) electrons. The predicted molar refractivity (Wildman–Crippen MR) is 83.9 cm³/mol. The van der Waals surface area contributed by atoms with Crippen molar-refractivity contribution in [3.05, 3.63) is 0 Å². The fourth-order valence-corrected chi connectivity index (χ4v) is 3.83. The second kappa shape index (κ2) is 7.15. The summed E-state index contributed by atoms with van der Waals surface area (Å²) in [6.45, 7) is 5.06. The first-order valence-corrected chi connectivity index (χ1v) is 8.56. The molecule has 3 fully saturated rings. The topological polar surface area (TPSA) is 71.1 Å². The van der Waals surface area contributed by atoms with Crippen LogP contribution < -0.4 is 5.32 Å². The number of rotatable bonds is 4. The molecule has 0 aromatic heterocycles. The van der Waals surface area contributed by atoms with E-state index in [-0.39, 0.29) is 17.9 Å². The van der Waals surface area contributed by atoms with E-state index in [4.69, 9.17) is 9.47 Å². The molecule has 0 spiro atoms. The van der Waals surface area contributed by atoms with Gasteiger partial charge < -0.3 is 24.6 Å². The van der Waals surface area contributed by atoms with Gasteiger partial charge in [0.1, 0.15) is 6.10 Å². The number of hydrogen-bond donors (Lipinski definition) is 1. The third-order valence-electron chi connectivity index (χ3n) is 5.20. The minimum absolute atomic E-state index is 0.0868. The Morgan fingerprint density at radius 2 is 2.00 bits per heavy atom. The Bertz CT molecular complexity index is 437. The van der Waals surface area contributed by atoms with E-state index in [0.29, 0.717) is 45.9 Å². The van der Waals surface area contributed by atoms with E-state index in [1.54, 1.807) is 7.11 Å². The zero-order valence-electron chi connectivity index (χ0n) is 13.9. The van der Waals surface area contributed by atoms with Gasteiger partial charge in [0, 0.05) is 46.4 Å². The number of carbonyl (C=O) groups is 2. The Labute approximate surface area is 137 Å². The van der Waals surface area contributed by atoms with Crippen LogP contribution in [-0.4, -0.2) is 87.3 Å². The minimum Gasteiger partial charge on any atom is -0.384 e. The summed E-state index contributed by atoms with van der Waals surface area (Å²) in [5.74, 6) is 0.248. The van der Waals surface area contributed by atoms with Gasteiger partial charge in [0.05, 0.1) is 12.0 Å². The van der Waals surface area contributed by atoms with Crippen LogP contribution in [0.4, 0.5) is 0 Å². The third kappa shape index (κ3) is 3.36. The van der Waals surface area contributed by atoms with Gasteiger partial charge in [0.2, 0.25) is 5.91 Å². The van der Waals surface area contributed by atoms with E-state index in [2.05, 4.69) is 5.32 Å². The largest absolute Gasteiger partial charge is 0.384 e. The second-order valence-corrected chi connectivity index (χ2v) is 6.76. The van der Waals surface area contributed by atoms with E-state index < -0.39 is 5.41 Å². The number of nitrogens with zero attached hydrogens (tertiary/aromatic N) is 2. The van der Waals surface area contributed by atoms with Gasteiger partial charge in [-0.25, -0.2) is 0 Å². The van der Waals surface area contributed by atoms with Gasteiger partial charge in [-0.2, -0.15) is 0 Å². The summed E-state index contributed by atoms with van der Waals surface area (Å²) in [6.07, 6.45) is 2.33. The SMILES string of the molecule is COCC1(C(=O)N2CCN(C(=O)C3CCCO3)CC2)CCNC1. The summed E-state index contributed by atoms with van der Waals surface area (Å²) in [5, 5.41) is 3.27. The molecule has 1 N–H and O–H groups in total. The first-order valence-electron chi connectivity index (χ1n) is 8.56. The first kappa shape index (κ1) is 16.7. The summed E-state index contributed by atoms with van der Waals surface area (Å²) < 4.78 is 10.8. The summed E-state index contributed by atoms with van der Waals surface area (Å²) in [5.41, 5.74) is -0.435. The van der Waals surface area contributed by atoms with Gasteiger partial charge >= 0.3 is 0 Å². The lowest BCUT2D eigenvalue weighted by Crippen LogP contribution is -2.57. The number of ether oxygens (including phenoxy) is 2. The highest BCUT2D eigenvalue weighted by Gasteiger charge is 2.44. The van der Waals surface area contributed by atoms with Crippen LogP contribution in [0.5, 0.6) is 0 Å². The maximum atomic E-state index is 12.9. The van der Waals surface area contributed by atoms with E-state index in [9.17, 15) is 9.59 Å². The van der Waals surface area contributed by atoms with Gasteiger partial charge in [-0.05, 0) is 25.8 Å². The number of carbonyl (C=O) groups excluding carboxylic acids is 2. The average Bonchev–Trinajstić information content (AvgIpc) is 3.26. The van der Waals surface area contributed by atoms with Crippen molar-refractivity contribution in [3.8, 4) is 0 Å². The van der Waals surface area contributed by atoms with Crippen molar-refractivity contribution in [2.45, 2.75) is 25.4 Å². The van der Waals surface area contributed by atoms with Gasteiger partial charge in [-0.1, -0.05) is 0 Å². The Morgan fingerprint density at radius 3 is 2.57 bits per heavy atom. The molecule has 3 saturated heterocycles. The van der Waals surface area contributed by atoms with E-state index in [1.165, 1.54) is 0 Å². The van der Waals surface area contributed by atoms with Crippen LogP contribution in [0.25, 0.3) is 0 Å². The molecule has 2 unspecified atom stereocenters. The molecule has 0 aromatic rings. The molecule has 23 heavy (non-hydrogen) atoms. The summed E-state index contributed by atoms with van der Waals surface area (Å²) in [7, 11) is 1.64. The quantitative estimate of drug-likeness (QED) is 0.752. The highest BCUT2D eigenvalue weighted by atomic mass is 16.5. The molecule has 0 aliphatic carbocycles. The van der Waals surface area contributed by atoms with E-state index in [0.717, 1.165) is 25.8 Å². The van der Waals surface area contributed by atoms with Crippen molar-refractivity contribution < 1.29 is 19.1 Å². The Morgan fingerprint density at radius 1 is 1.26 bits per heavy atom. The lowest BCUT2D eigenvalue weighted by molar-refractivity contribution is -0.151. The molecule has 130 valence electrons. The minimum atomic E-state index is -0.435. The van der Waals surface area contributed by atoms with Crippen molar-refractivity contribution in [2.75, 3.05) is 59.6 Å². The van der Waals surface area contributed by atoms with Crippen molar-refractivity contribution in [3.63, 3.8) is 0 Å². The van der Waals surface area contributed by atoms with Gasteiger partial charge in [0.15, 0.2) is 0 Å². The molecule has 0 aromatic carbocycles. The molecule has 3 rings (SSSR count). The smallest absolute Gasteiger partial charge is 0.251 e. The van der Waals surface area contributed by atoms with Gasteiger partial charge in [-0.15, -0.1) is 0 Å². The lowest BCUT2D eigenvalue weighted by atomic mass is 9.86. The number of methoxy groups -OCH3 is 1. The van der Waals surface area contributed by atoms with Crippen LogP contribution in [-0.2, 0) is 19.1 Å². The van der Waals surface area contributed by atoms with Gasteiger partial charge in [-0.3, -0.25) is 9.59 Å². The summed E-state index contributed by atoms with van der Waals surface area (Å²) in [4.78, 5) is 29.0. The number of hydrogen-bond acceptors (Lipinski definition) is 5. The van der Waals surface area contributed by atoms with Crippen molar-refractivity contribution >= 4 is 11.8 Å². The molecule has 2 amide bonds. The zero-order chi connectivity index (χ0) is 16.3. The monoisotopic (exact) mass is 325 g/mol. The molecule has 3 heterocycles. The van der Waals surface area contributed by atoms with Gasteiger partial charge in [0.25, 0.3) is 5.91 Å². The lowest BCUT2D eigenvalue weighted by Gasteiger charge is -2.39. The fourth-order valence-electron chi connectivity index (χ4n) is 3.83. The maximum Gasteiger partial charge on any atom is 0.251 e. The van der Waals surface area contributed by atoms with Crippen molar-refractivity contribution in [1.29, 1.82) is 0 Å². The molecule has 0 bridgehead atoms. The summed E-state index contributed by atoms with van der Waals surface area (Å²) in [6, 6.07) is 0. The molecule has 7 heteroatoms. The molecular weight excluding hydrogens is 298 g/mol. The van der Waals surface area contributed by atoms with Crippen LogP contribution >= 0.6 is 0 Å². The molecule has 3 aliphatic rings. The van der Waals surface area contributed by atoms with Crippen LogP contribution in [0.15, 0.2) is 0 Å². The Balaban J connectivity index is 1.55. The van der Waals surface area contributed by atoms with E-state index >= 15 is 0 Å². The Kier molecular flexibility index (Phi) is 5.18. The predicted octanol–water partition coefficient (Wildman–Crippen LogP) is -0.538. The second-order valence-electron chi connectivity index (χ2n) is 6.76. The van der Waals surface area contributed by atoms with Crippen LogP contribution in [0.3, 0.4) is 0 Å². The highest BCUT2D eigenvalue weighted by Crippen LogP contribution is 2.29. The Hall–Kier alpha value is -1.18. The summed E-state index contributed by atoms with van der Waals surface area (Å²) >= 11 is 0. The standard InChI is InChI=1S/C16H27N3O4/c1-22-12-16(4-5-17-11-16)15(21)19-8-6-18(7-9-19)14(20)13-3-2-10-23-13/h13,17H,2-12H2,1H3. The number of piperazine rings is 1.